The summed E-state index contributed by atoms with van der Waals surface area (Å²) in [5, 5.41) is 10.9. The highest BCUT2D eigenvalue weighted by atomic mass is 35.5. The standard InChI is InChI=1S/C15H14Cl2N4OS.ClH/c1-8(18-2)5-13-20-14(22-21-13)12-7-23-15(19-12)9-3-4-10(16)11(17)6-9;/h3-4,6-8,18H,5H2,1-2H3;1H. The second kappa shape index (κ2) is 8.27. The number of aromatic nitrogens is 3. The van der Waals surface area contributed by atoms with Gasteiger partial charge in [0.1, 0.15) is 10.7 Å². The third-order valence-electron chi connectivity index (χ3n) is 3.34. The van der Waals surface area contributed by atoms with Crippen LogP contribution in [0.15, 0.2) is 28.1 Å². The summed E-state index contributed by atoms with van der Waals surface area (Å²) in [6.45, 7) is 2.06. The number of benzene rings is 1. The lowest BCUT2D eigenvalue weighted by molar-refractivity contribution is 0.417. The van der Waals surface area contributed by atoms with E-state index in [1.165, 1.54) is 11.3 Å². The van der Waals surface area contributed by atoms with E-state index in [0.29, 0.717) is 33.9 Å². The molecule has 0 aliphatic carbocycles. The summed E-state index contributed by atoms with van der Waals surface area (Å²) in [6.07, 6.45) is 0.698. The van der Waals surface area contributed by atoms with Crippen LogP contribution < -0.4 is 5.32 Å². The van der Waals surface area contributed by atoms with Crippen LogP contribution in [0.2, 0.25) is 10.0 Å². The van der Waals surface area contributed by atoms with Crippen LogP contribution in [0, 0.1) is 0 Å². The van der Waals surface area contributed by atoms with E-state index in [2.05, 4.69) is 27.4 Å². The van der Waals surface area contributed by atoms with Gasteiger partial charge in [-0.1, -0.05) is 34.4 Å². The fourth-order valence-corrected chi connectivity index (χ4v) is 3.04. The zero-order valence-corrected chi connectivity index (χ0v) is 16.1. The van der Waals surface area contributed by atoms with E-state index in [1.807, 2.05) is 18.5 Å². The molecule has 2 aromatic heterocycles. The van der Waals surface area contributed by atoms with Gasteiger partial charge in [-0.25, -0.2) is 4.98 Å². The van der Waals surface area contributed by atoms with Crippen LogP contribution in [0.4, 0.5) is 0 Å². The SMILES string of the molecule is CNC(C)Cc1noc(-c2csc(-c3ccc(Cl)c(Cl)c3)n2)n1.Cl. The number of hydrogen-bond acceptors (Lipinski definition) is 6. The molecule has 0 aliphatic rings. The van der Waals surface area contributed by atoms with E-state index in [1.54, 1.807) is 12.1 Å². The predicted molar refractivity (Wildman–Crippen MR) is 100 cm³/mol. The molecule has 0 fully saturated rings. The maximum absolute atomic E-state index is 6.05. The number of likely N-dealkylation sites (N-methyl/N-ethyl adjacent to an activating group) is 1. The second-order valence-electron chi connectivity index (χ2n) is 5.08. The maximum Gasteiger partial charge on any atom is 0.277 e. The molecule has 1 unspecified atom stereocenters. The lowest BCUT2D eigenvalue weighted by atomic mass is 10.2. The lowest BCUT2D eigenvalue weighted by Crippen LogP contribution is -2.24. The average molecular weight is 406 g/mol. The zero-order valence-electron chi connectivity index (χ0n) is 12.9. The molecule has 0 bridgehead atoms. The van der Waals surface area contributed by atoms with Crippen LogP contribution in [0.25, 0.3) is 22.2 Å². The minimum atomic E-state index is 0. The Morgan fingerprint density at radius 2 is 2.04 bits per heavy atom. The molecule has 3 rings (SSSR count). The quantitative estimate of drug-likeness (QED) is 0.664. The molecule has 1 atom stereocenters. The highest BCUT2D eigenvalue weighted by molar-refractivity contribution is 7.13. The smallest absolute Gasteiger partial charge is 0.277 e. The Kier molecular flexibility index (Phi) is 6.60. The van der Waals surface area contributed by atoms with Crippen LogP contribution >= 0.6 is 46.9 Å². The van der Waals surface area contributed by atoms with Gasteiger partial charge < -0.3 is 9.84 Å². The molecular weight excluding hydrogens is 391 g/mol. The molecule has 3 aromatic rings. The van der Waals surface area contributed by atoms with Gasteiger partial charge in [0.15, 0.2) is 5.82 Å². The van der Waals surface area contributed by atoms with Crippen LogP contribution in [0.1, 0.15) is 12.7 Å². The summed E-state index contributed by atoms with van der Waals surface area (Å²) in [4.78, 5) is 8.93. The summed E-state index contributed by atoms with van der Waals surface area (Å²) in [5.41, 5.74) is 1.56. The van der Waals surface area contributed by atoms with Crippen molar-refractivity contribution in [3.63, 3.8) is 0 Å². The monoisotopic (exact) mass is 404 g/mol. The zero-order chi connectivity index (χ0) is 16.4. The van der Waals surface area contributed by atoms with Crippen molar-refractivity contribution >= 4 is 46.9 Å². The second-order valence-corrected chi connectivity index (χ2v) is 6.75. The lowest BCUT2D eigenvalue weighted by Gasteiger charge is -2.04. The minimum absolute atomic E-state index is 0. The number of thiazole rings is 1. The highest BCUT2D eigenvalue weighted by Gasteiger charge is 2.15. The summed E-state index contributed by atoms with van der Waals surface area (Å²) in [7, 11) is 1.90. The van der Waals surface area contributed by atoms with Gasteiger partial charge in [0.05, 0.1) is 10.0 Å². The van der Waals surface area contributed by atoms with Crippen molar-refractivity contribution < 1.29 is 4.52 Å². The Morgan fingerprint density at radius 3 is 2.75 bits per heavy atom. The molecule has 24 heavy (non-hydrogen) atoms. The summed E-state index contributed by atoms with van der Waals surface area (Å²) in [6, 6.07) is 5.71. The average Bonchev–Trinajstić information content (AvgIpc) is 3.19. The van der Waals surface area contributed by atoms with Crippen molar-refractivity contribution in [2.75, 3.05) is 7.05 Å². The fraction of sp³-hybridized carbons (Fsp3) is 0.267. The number of halogens is 3. The van der Waals surface area contributed by atoms with Gasteiger partial charge in [-0.05, 0) is 26.1 Å². The Bertz CT molecular complexity index is 821. The van der Waals surface area contributed by atoms with Gasteiger partial charge in [-0.3, -0.25) is 0 Å². The molecule has 0 saturated carbocycles. The van der Waals surface area contributed by atoms with Crippen molar-refractivity contribution in [2.24, 2.45) is 0 Å². The molecule has 0 amide bonds. The van der Waals surface area contributed by atoms with E-state index in [9.17, 15) is 0 Å². The van der Waals surface area contributed by atoms with Crippen LogP contribution in [0.3, 0.4) is 0 Å². The first-order valence-corrected chi connectivity index (χ1v) is 8.61. The van der Waals surface area contributed by atoms with E-state index in [0.717, 1.165) is 10.6 Å². The van der Waals surface area contributed by atoms with Gasteiger partial charge in [0.25, 0.3) is 5.89 Å². The largest absolute Gasteiger partial charge is 0.332 e. The predicted octanol–water partition coefficient (Wildman–Crippen LogP) is 4.74. The minimum Gasteiger partial charge on any atom is -0.332 e. The van der Waals surface area contributed by atoms with Crippen molar-refractivity contribution in [1.82, 2.24) is 20.4 Å². The van der Waals surface area contributed by atoms with E-state index >= 15 is 0 Å². The molecule has 1 N–H and O–H groups in total. The molecule has 128 valence electrons. The molecule has 0 radical (unpaired) electrons. The Balaban J connectivity index is 0.00000208. The Morgan fingerprint density at radius 1 is 1.25 bits per heavy atom. The fourth-order valence-electron chi connectivity index (χ4n) is 1.95. The van der Waals surface area contributed by atoms with Gasteiger partial charge in [-0.2, -0.15) is 4.98 Å². The maximum atomic E-state index is 6.05. The third kappa shape index (κ3) is 4.26. The number of nitrogens with zero attached hydrogens (tertiary/aromatic N) is 3. The van der Waals surface area contributed by atoms with Gasteiger partial charge in [-0.15, -0.1) is 23.7 Å². The van der Waals surface area contributed by atoms with E-state index in [4.69, 9.17) is 27.7 Å². The number of hydrogen-bond donors (Lipinski definition) is 1. The molecule has 5 nitrogen and oxygen atoms in total. The summed E-state index contributed by atoms with van der Waals surface area (Å²) in [5.74, 6) is 1.08. The Labute approximate surface area is 159 Å². The first kappa shape index (κ1) is 19.1. The Hall–Kier alpha value is -1.18. The highest BCUT2D eigenvalue weighted by Crippen LogP contribution is 2.32. The normalized spacial score (nSPS) is 12.0. The van der Waals surface area contributed by atoms with Crippen molar-refractivity contribution in [1.29, 1.82) is 0 Å². The van der Waals surface area contributed by atoms with Crippen LogP contribution in [-0.2, 0) is 6.42 Å². The first-order chi connectivity index (χ1) is 11.1. The van der Waals surface area contributed by atoms with Crippen molar-refractivity contribution in [2.45, 2.75) is 19.4 Å². The number of rotatable bonds is 5. The van der Waals surface area contributed by atoms with Gasteiger partial charge in [0.2, 0.25) is 0 Å². The molecule has 0 saturated heterocycles. The third-order valence-corrected chi connectivity index (χ3v) is 4.97. The van der Waals surface area contributed by atoms with Gasteiger partial charge >= 0.3 is 0 Å². The molecule has 2 heterocycles. The molecule has 9 heteroatoms. The molecular formula is C15H15Cl3N4OS. The van der Waals surface area contributed by atoms with Crippen LogP contribution in [0.5, 0.6) is 0 Å². The first-order valence-electron chi connectivity index (χ1n) is 6.98. The van der Waals surface area contributed by atoms with E-state index < -0.39 is 0 Å². The van der Waals surface area contributed by atoms with Crippen molar-refractivity contribution in [3.05, 3.63) is 39.4 Å². The topological polar surface area (TPSA) is 63.8 Å². The molecule has 0 spiro atoms. The summed E-state index contributed by atoms with van der Waals surface area (Å²) >= 11 is 13.5. The van der Waals surface area contributed by atoms with Crippen molar-refractivity contribution in [3.8, 4) is 22.2 Å². The van der Waals surface area contributed by atoms with E-state index in [-0.39, 0.29) is 18.4 Å². The molecule has 0 aliphatic heterocycles. The molecule has 1 aromatic carbocycles. The number of nitrogens with one attached hydrogen (secondary N) is 1. The van der Waals surface area contributed by atoms with Gasteiger partial charge in [0, 0.05) is 23.4 Å². The van der Waals surface area contributed by atoms with Crippen LogP contribution in [-0.4, -0.2) is 28.2 Å². The summed E-state index contributed by atoms with van der Waals surface area (Å²) < 4.78 is 5.30.